The third-order valence-electron chi connectivity index (χ3n) is 2.65. The van der Waals surface area contributed by atoms with Crippen molar-refractivity contribution in [1.82, 2.24) is 9.55 Å². The van der Waals surface area contributed by atoms with Gasteiger partial charge >= 0.3 is 0 Å². The molecule has 0 aliphatic carbocycles. The minimum Gasteiger partial charge on any atom is -0.497 e. The van der Waals surface area contributed by atoms with Gasteiger partial charge in [-0.3, -0.25) is 0 Å². The topological polar surface area (TPSA) is 53.1 Å². The molecule has 0 spiro atoms. The van der Waals surface area contributed by atoms with Gasteiger partial charge in [0, 0.05) is 5.69 Å². The zero-order valence-electron chi connectivity index (χ0n) is 10.3. The van der Waals surface area contributed by atoms with E-state index in [1.807, 2.05) is 42.7 Å². The van der Waals surface area contributed by atoms with Gasteiger partial charge in [-0.2, -0.15) is 0 Å². The van der Waals surface area contributed by atoms with Crippen LogP contribution in [0.1, 0.15) is 19.5 Å². The van der Waals surface area contributed by atoms with Crippen LogP contribution in [0.4, 0.5) is 0 Å². The Bertz CT molecular complexity index is 494. The molecule has 0 aliphatic heterocycles. The highest BCUT2D eigenvalue weighted by Crippen LogP contribution is 2.22. The molecule has 2 N–H and O–H groups in total. The van der Waals surface area contributed by atoms with Crippen molar-refractivity contribution in [2.24, 2.45) is 5.73 Å². The molecule has 0 amide bonds. The van der Waals surface area contributed by atoms with E-state index in [0.717, 1.165) is 17.1 Å². The molecule has 1 aromatic heterocycles. The maximum absolute atomic E-state index is 6.11. The molecular weight excluding hydrogens is 214 g/mol. The van der Waals surface area contributed by atoms with E-state index in [4.69, 9.17) is 10.5 Å². The molecule has 4 nitrogen and oxygen atoms in total. The van der Waals surface area contributed by atoms with Gasteiger partial charge in [-0.25, -0.2) is 4.98 Å². The first-order valence-corrected chi connectivity index (χ1v) is 5.48. The molecule has 0 saturated heterocycles. The number of nitrogens with zero attached hydrogens (tertiary/aromatic N) is 2. The summed E-state index contributed by atoms with van der Waals surface area (Å²) in [6, 6.07) is 7.80. The summed E-state index contributed by atoms with van der Waals surface area (Å²) in [6.45, 7) is 3.92. The molecular formula is C13H17N3O. The lowest BCUT2D eigenvalue weighted by molar-refractivity contribution is 0.414. The second kappa shape index (κ2) is 4.22. The molecule has 1 heterocycles. The van der Waals surface area contributed by atoms with Crippen LogP contribution in [0.2, 0.25) is 0 Å². The Morgan fingerprint density at radius 2 is 1.88 bits per heavy atom. The summed E-state index contributed by atoms with van der Waals surface area (Å²) in [5.74, 6) is 0.836. The summed E-state index contributed by atoms with van der Waals surface area (Å²) < 4.78 is 7.12. The van der Waals surface area contributed by atoms with Crippen molar-refractivity contribution in [1.29, 1.82) is 0 Å². The van der Waals surface area contributed by atoms with E-state index in [0.29, 0.717) is 0 Å². The normalized spacial score (nSPS) is 11.5. The highest BCUT2D eigenvalue weighted by molar-refractivity contribution is 5.39. The molecule has 0 radical (unpaired) electrons. The molecule has 90 valence electrons. The quantitative estimate of drug-likeness (QED) is 0.879. The lowest BCUT2D eigenvalue weighted by Crippen LogP contribution is -2.31. The first kappa shape index (κ1) is 11.7. The molecule has 2 rings (SSSR count). The van der Waals surface area contributed by atoms with Crippen LogP contribution in [-0.2, 0) is 5.54 Å². The van der Waals surface area contributed by atoms with Crippen LogP contribution in [-0.4, -0.2) is 16.7 Å². The first-order valence-electron chi connectivity index (χ1n) is 5.48. The number of nitrogens with two attached hydrogens (primary N) is 1. The minimum atomic E-state index is -0.420. The van der Waals surface area contributed by atoms with Crippen molar-refractivity contribution in [3.8, 4) is 11.4 Å². The molecule has 17 heavy (non-hydrogen) atoms. The Balaban J connectivity index is 2.43. The highest BCUT2D eigenvalue weighted by Gasteiger charge is 2.19. The van der Waals surface area contributed by atoms with Gasteiger partial charge in [0.15, 0.2) is 0 Å². The average molecular weight is 231 g/mol. The molecule has 0 atom stereocenters. The molecule has 2 aromatic rings. The number of imidazole rings is 1. The van der Waals surface area contributed by atoms with Gasteiger partial charge in [0.25, 0.3) is 0 Å². The van der Waals surface area contributed by atoms with Gasteiger partial charge in [-0.1, -0.05) is 0 Å². The Labute approximate surface area is 101 Å². The van der Waals surface area contributed by atoms with Crippen LogP contribution < -0.4 is 10.5 Å². The van der Waals surface area contributed by atoms with E-state index < -0.39 is 5.54 Å². The Morgan fingerprint density at radius 3 is 2.41 bits per heavy atom. The van der Waals surface area contributed by atoms with Crippen LogP contribution in [0.3, 0.4) is 0 Å². The summed E-state index contributed by atoms with van der Waals surface area (Å²) >= 11 is 0. The minimum absolute atomic E-state index is 0.420. The van der Waals surface area contributed by atoms with E-state index in [1.165, 1.54) is 0 Å². The van der Waals surface area contributed by atoms with Crippen molar-refractivity contribution >= 4 is 0 Å². The van der Waals surface area contributed by atoms with Gasteiger partial charge in [0.1, 0.15) is 5.75 Å². The van der Waals surface area contributed by atoms with Crippen molar-refractivity contribution in [3.05, 3.63) is 42.5 Å². The van der Waals surface area contributed by atoms with Gasteiger partial charge in [-0.15, -0.1) is 0 Å². The number of ether oxygens (including phenoxy) is 1. The SMILES string of the molecule is COc1ccc(-n2cncc2C(C)(C)N)cc1. The molecule has 0 fully saturated rings. The molecule has 1 aromatic carbocycles. The zero-order valence-corrected chi connectivity index (χ0v) is 10.3. The fourth-order valence-electron chi connectivity index (χ4n) is 1.72. The fourth-order valence-corrected chi connectivity index (χ4v) is 1.72. The summed E-state index contributed by atoms with van der Waals surface area (Å²) in [5, 5.41) is 0. The molecule has 0 bridgehead atoms. The Hall–Kier alpha value is -1.81. The molecule has 4 heteroatoms. The van der Waals surface area contributed by atoms with Gasteiger partial charge in [0.05, 0.1) is 30.9 Å². The Morgan fingerprint density at radius 1 is 1.24 bits per heavy atom. The van der Waals surface area contributed by atoms with E-state index in [-0.39, 0.29) is 0 Å². The van der Waals surface area contributed by atoms with E-state index in [2.05, 4.69) is 4.98 Å². The maximum atomic E-state index is 6.11. The van der Waals surface area contributed by atoms with E-state index in [1.54, 1.807) is 19.6 Å². The molecule has 0 saturated carbocycles. The highest BCUT2D eigenvalue weighted by atomic mass is 16.5. The summed E-state index contributed by atoms with van der Waals surface area (Å²) in [7, 11) is 1.65. The number of benzene rings is 1. The summed E-state index contributed by atoms with van der Waals surface area (Å²) in [4.78, 5) is 4.16. The monoisotopic (exact) mass is 231 g/mol. The van der Waals surface area contributed by atoms with E-state index >= 15 is 0 Å². The van der Waals surface area contributed by atoms with Crippen molar-refractivity contribution in [3.63, 3.8) is 0 Å². The number of hydrogen-bond donors (Lipinski definition) is 1. The number of hydrogen-bond acceptors (Lipinski definition) is 3. The maximum Gasteiger partial charge on any atom is 0.119 e. The van der Waals surface area contributed by atoms with Crippen LogP contribution in [0.5, 0.6) is 5.75 Å². The fraction of sp³-hybridized carbons (Fsp3) is 0.308. The van der Waals surface area contributed by atoms with Gasteiger partial charge in [0.2, 0.25) is 0 Å². The zero-order chi connectivity index (χ0) is 12.5. The lowest BCUT2D eigenvalue weighted by Gasteiger charge is -2.20. The van der Waals surface area contributed by atoms with Crippen molar-refractivity contribution < 1.29 is 4.74 Å². The smallest absolute Gasteiger partial charge is 0.119 e. The van der Waals surface area contributed by atoms with Crippen LogP contribution >= 0.6 is 0 Å². The summed E-state index contributed by atoms with van der Waals surface area (Å²) in [6.07, 6.45) is 3.57. The van der Waals surface area contributed by atoms with Crippen LogP contribution in [0.15, 0.2) is 36.8 Å². The predicted molar refractivity (Wildman–Crippen MR) is 67.3 cm³/mol. The van der Waals surface area contributed by atoms with Crippen molar-refractivity contribution in [2.75, 3.05) is 7.11 Å². The van der Waals surface area contributed by atoms with Crippen LogP contribution in [0.25, 0.3) is 5.69 Å². The average Bonchev–Trinajstić information content (AvgIpc) is 2.78. The van der Waals surface area contributed by atoms with E-state index in [9.17, 15) is 0 Å². The molecule has 0 aliphatic rings. The van der Waals surface area contributed by atoms with Gasteiger partial charge in [-0.05, 0) is 38.1 Å². The lowest BCUT2D eigenvalue weighted by atomic mass is 10.0. The largest absolute Gasteiger partial charge is 0.497 e. The van der Waals surface area contributed by atoms with Crippen LogP contribution in [0, 0.1) is 0 Å². The number of rotatable bonds is 3. The second-order valence-electron chi connectivity index (χ2n) is 4.57. The number of aromatic nitrogens is 2. The van der Waals surface area contributed by atoms with Gasteiger partial charge < -0.3 is 15.0 Å². The third-order valence-corrected chi connectivity index (χ3v) is 2.65. The third kappa shape index (κ3) is 2.31. The first-order chi connectivity index (χ1) is 8.02. The second-order valence-corrected chi connectivity index (χ2v) is 4.57. The standard InChI is InChI=1S/C13H17N3O/c1-13(2,14)12-8-15-9-16(12)10-4-6-11(17-3)7-5-10/h4-9H,14H2,1-3H3. The van der Waals surface area contributed by atoms with Crippen molar-refractivity contribution in [2.45, 2.75) is 19.4 Å². The number of methoxy groups -OCH3 is 1. The summed E-state index contributed by atoms with van der Waals surface area (Å²) in [5.41, 5.74) is 7.69. The predicted octanol–water partition coefficient (Wildman–Crippen LogP) is 2.07. The molecule has 0 unspecified atom stereocenters. The Kier molecular flexibility index (Phi) is 2.90.